The van der Waals surface area contributed by atoms with Gasteiger partial charge in [0, 0.05) is 83.1 Å². The molecule has 4 saturated carbocycles. The van der Waals surface area contributed by atoms with Gasteiger partial charge in [0.25, 0.3) is 5.69 Å². The molecule has 0 aliphatic heterocycles. The predicted molar refractivity (Wildman–Crippen MR) is 348 cm³/mol. The lowest BCUT2D eigenvalue weighted by Gasteiger charge is -2.23. The van der Waals surface area contributed by atoms with Gasteiger partial charge in [-0.3, -0.25) is 38.9 Å². The molecule has 6 aromatic rings. The molecule has 0 saturated heterocycles. The molecule has 2 heterocycles. The number of imidazole rings is 2. The van der Waals surface area contributed by atoms with E-state index in [1.165, 1.54) is 17.2 Å². The first-order chi connectivity index (χ1) is 39.2. The van der Waals surface area contributed by atoms with E-state index in [0.29, 0.717) is 85.0 Å². The number of ketones is 4. The van der Waals surface area contributed by atoms with Crippen molar-refractivity contribution in [2.75, 3.05) is 16.4 Å². The third kappa shape index (κ3) is 20.0. The van der Waals surface area contributed by atoms with E-state index in [0.717, 1.165) is 103 Å². The number of amides is 2. The average molecular weight is 1200 g/mol. The van der Waals surface area contributed by atoms with E-state index in [2.05, 4.69) is 129 Å². The Balaban J connectivity index is 0.000000208. The van der Waals surface area contributed by atoms with E-state index < -0.39 is 4.92 Å². The number of aromatic nitrogens is 4. The lowest BCUT2D eigenvalue weighted by atomic mass is 9.81. The first kappa shape index (κ1) is 69.7. The number of carbonyl (C=O) groups is 6. The van der Waals surface area contributed by atoms with Crippen LogP contribution in [0.15, 0.2) is 72.8 Å². The quantitative estimate of drug-likeness (QED) is 0.0367. The highest BCUT2D eigenvalue weighted by Gasteiger charge is 2.30. The number of nitro groups is 1. The molecule has 4 aliphatic carbocycles. The number of nitrogens with zero attached hydrogens (tertiary/aromatic N) is 3. The second-order valence-corrected chi connectivity index (χ2v) is 28.1. The summed E-state index contributed by atoms with van der Waals surface area (Å²) in [6.45, 7) is 25.6. The number of anilines is 3. The van der Waals surface area contributed by atoms with Crippen molar-refractivity contribution in [2.24, 2.45) is 23.7 Å². The Morgan fingerprint density at radius 2 is 0.826 bits per heavy atom. The standard InChI is InChI=1S/C17H22N2O4.C17H24N2O2.2C17H22N2O.CH4.ClH/c1-17(2,3)12-5-6-14(15(10-12)19(22)23)18-16(21)7-4-11-8-13(20)9-11;1-17(2,3)12-5-6-15(14(18)10-12)19-16(21)7-4-11-8-13(20)9-11;2*1-17(2,3)12-5-6-14-15(10-12)19-16(18-14)7-4-11-8-13(20)9-11;;/h5-6,10-11H,4,7-9H2,1-3H3,(H,18,21);5-6,10-11H,4,7-9,18H2,1-3H3,(H,19,21);2*5-6,10-11H,4,7-9H2,1-3H3,(H,18,19);1H4;1H. The lowest BCUT2D eigenvalue weighted by molar-refractivity contribution is -0.384. The summed E-state index contributed by atoms with van der Waals surface area (Å²) in [7, 11) is 0. The van der Waals surface area contributed by atoms with Gasteiger partial charge in [-0.25, -0.2) is 9.97 Å². The number of aromatic amines is 2. The number of rotatable bonds is 15. The van der Waals surface area contributed by atoms with Gasteiger partial charge >= 0.3 is 0 Å². The van der Waals surface area contributed by atoms with Gasteiger partial charge in [0.1, 0.15) is 40.5 Å². The molecule has 10 rings (SSSR count). The summed E-state index contributed by atoms with van der Waals surface area (Å²) in [4.78, 5) is 94.5. The number of halogens is 1. The Kier molecular flexibility index (Phi) is 23.6. The molecule has 0 radical (unpaired) electrons. The van der Waals surface area contributed by atoms with Gasteiger partial charge in [-0.2, -0.15) is 0 Å². The van der Waals surface area contributed by atoms with Crippen LogP contribution in [-0.2, 0) is 63.3 Å². The summed E-state index contributed by atoms with van der Waals surface area (Å²) in [6, 6.07) is 23.6. The van der Waals surface area contributed by atoms with Crippen LogP contribution >= 0.6 is 12.4 Å². The van der Waals surface area contributed by atoms with Crippen molar-refractivity contribution in [3.05, 3.63) is 117 Å². The number of aryl methyl sites for hydroxylation is 2. The topological polar surface area (TPSA) is 253 Å². The van der Waals surface area contributed by atoms with E-state index in [-0.39, 0.29) is 82.8 Å². The molecule has 4 aromatic carbocycles. The number of hydrogen-bond acceptors (Lipinski definition) is 11. The zero-order valence-electron chi connectivity index (χ0n) is 52.1. The van der Waals surface area contributed by atoms with Gasteiger partial charge in [0.15, 0.2) is 0 Å². The predicted octanol–water partition coefficient (Wildman–Crippen LogP) is 15.5. The van der Waals surface area contributed by atoms with Crippen LogP contribution in [0.5, 0.6) is 0 Å². The highest BCUT2D eigenvalue weighted by Crippen LogP contribution is 2.35. The van der Waals surface area contributed by atoms with Crippen molar-refractivity contribution in [1.29, 1.82) is 0 Å². The average Bonchev–Trinajstić information content (AvgIpc) is 2.52. The molecular formula is C69H95ClN8O8. The van der Waals surface area contributed by atoms with E-state index >= 15 is 0 Å². The van der Waals surface area contributed by atoms with Gasteiger partial charge < -0.3 is 26.3 Å². The molecule has 17 heteroatoms. The summed E-state index contributed by atoms with van der Waals surface area (Å²) in [5.41, 5.74) is 16.5. The Morgan fingerprint density at radius 1 is 0.512 bits per heavy atom. The van der Waals surface area contributed by atoms with Crippen molar-refractivity contribution < 1.29 is 33.7 Å². The summed E-state index contributed by atoms with van der Waals surface area (Å²) in [5.74, 6) is 5.02. The highest BCUT2D eigenvalue weighted by molar-refractivity contribution is 5.95. The smallest absolute Gasteiger partial charge is 0.293 e. The van der Waals surface area contributed by atoms with Gasteiger partial charge in [-0.1, -0.05) is 115 Å². The number of Topliss-reactive ketones (excluding diaryl/α,β-unsaturated/α-hetero) is 4. The number of fused-ring (bicyclic) bond motifs is 2. The number of H-pyrrole nitrogens is 2. The second kappa shape index (κ2) is 29.1. The van der Waals surface area contributed by atoms with Gasteiger partial charge in [-0.05, 0) is 136 Å². The molecule has 16 nitrogen and oxygen atoms in total. The number of benzene rings is 4. The minimum atomic E-state index is -0.477. The Hall–Kier alpha value is -7.07. The Labute approximate surface area is 515 Å². The monoisotopic (exact) mass is 1200 g/mol. The van der Waals surface area contributed by atoms with E-state index in [1.54, 1.807) is 12.1 Å². The molecule has 4 aliphatic rings. The van der Waals surface area contributed by atoms with Gasteiger partial charge in [0.05, 0.1) is 38.4 Å². The van der Waals surface area contributed by atoms with Gasteiger partial charge in [-0.15, -0.1) is 12.4 Å². The van der Waals surface area contributed by atoms with Crippen molar-refractivity contribution in [3.8, 4) is 0 Å². The minimum absolute atomic E-state index is 0. The summed E-state index contributed by atoms with van der Waals surface area (Å²) in [6.07, 6.45) is 11.6. The van der Waals surface area contributed by atoms with Crippen LogP contribution in [0.25, 0.3) is 22.1 Å². The zero-order valence-corrected chi connectivity index (χ0v) is 53.0. The first-order valence-corrected chi connectivity index (χ1v) is 30.1. The summed E-state index contributed by atoms with van der Waals surface area (Å²) < 4.78 is 0. The number of hydrogen-bond donors (Lipinski definition) is 5. The molecule has 0 unspecified atom stereocenters. The number of nitrogens with two attached hydrogens (primary N) is 1. The van der Waals surface area contributed by atoms with Crippen molar-refractivity contribution in [3.63, 3.8) is 0 Å². The SMILES string of the molecule is C.CC(C)(C)c1ccc(NC(=O)CCC2CC(=O)C2)c(N)c1.CC(C)(C)c1ccc(NC(=O)CCC2CC(=O)C2)c([N+](=O)[O-])c1.CC(C)(C)c1ccc2nc(CCC3CC(=O)C3)[nH]c2c1.CC(C)(C)c1ccc2nc(CCC3CC(=O)C3)[nH]c2c1.Cl. The molecule has 4 fully saturated rings. The second-order valence-electron chi connectivity index (χ2n) is 28.1. The fraction of sp³-hybridized carbons (Fsp3) is 0.536. The Morgan fingerprint density at radius 3 is 1.16 bits per heavy atom. The molecule has 6 N–H and O–H groups in total. The molecule has 2 amide bonds. The largest absolute Gasteiger partial charge is 0.397 e. The molecule has 86 heavy (non-hydrogen) atoms. The number of carbonyl (C=O) groups excluding carboxylic acids is 6. The molecule has 0 atom stereocenters. The fourth-order valence-electron chi connectivity index (χ4n) is 10.6. The molecule has 0 bridgehead atoms. The fourth-order valence-corrected chi connectivity index (χ4v) is 10.6. The molecule has 0 spiro atoms. The van der Waals surface area contributed by atoms with Crippen LogP contribution in [0.3, 0.4) is 0 Å². The third-order valence-corrected chi connectivity index (χ3v) is 16.6. The van der Waals surface area contributed by atoms with Crippen LogP contribution in [0, 0.1) is 33.8 Å². The first-order valence-electron chi connectivity index (χ1n) is 30.1. The van der Waals surface area contributed by atoms with Crippen molar-refractivity contribution in [1.82, 2.24) is 19.9 Å². The van der Waals surface area contributed by atoms with Crippen LogP contribution in [0.1, 0.15) is 214 Å². The van der Waals surface area contributed by atoms with E-state index in [9.17, 15) is 38.9 Å². The maximum absolute atomic E-state index is 12.0. The van der Waals surface area contributed by atoms with E-state index in [4.69, 9.17) is 5.73 Å². The Bertz CT molecular complexity index is 3260. The molecule has 466 valence electrons. The third-order valence-electron chi connectivity index (χ3n) is 16.6. The normalized spacial score (nSPS) is 15.6. The maximum atomic E-state index is 12.0. The number of nitrogens with one attached hydrogen (secondary N) is 4. The summed E-state index contributed by atoms with van der Waals surface area (Å²) >= 11 is 0. The van der Waals surface area contributed by atoms with Crippen LogP contribution < -0.4 is 16.4 Å². The van der Waals surface area contributed by atoms with Crippen molar-refractivity contribution in [2.45, 2.75) is 215 Å². The summed E-state index contributed by atoms with van der Waals surface area (Å²) in [5, 5.41) is 16.7. The van der Waals surface area contributed by atoms with Crippen LogP contribution in [0.2, 0.25) is 0 Å². The lowest BCUT2D eigenvalue weighted by Crippen LogP contribution is -2.24. The van der Waals surface area contributed by atoms with Crippen molar-refractivity contribution >= 4 is 92.2 Å². The maximum Gasteiger partial charge on any atom is 0.293 e. The molecular weight excluding hydrogens is 1100 g/mol. The zero-order chi connectivity index (χ0) is 61.5. The molecule has 2 aromatic heterocycles. The number of nitrogen functional groups attached to an aromatic ring is 1. The highest BCUT2D eigenvalue weighted by atomic mass is 35.5. The van der Waals surface area contributed by atoms with E-state index in [1.807, 2.05) is 39.0 Å². The number of nitro benzene ring substituents is 1. The van der Waals surface area contributed by atoms with Gasteiger partial charge in [0.2, 0.25) is 11.8 Å². The van der Waals surface area contributed by atoms with Crippen LogP contribution in [-0.4, -0.2) is 59.8 Å². The van der Waals surface area contributed by atoms with Crippen LogP contribution in [0.4, 0.5) is 22.7 Å². The minimum Gasteiger partial charge on any atom is -0.397 e.